The standard InChI is InChI=1S/C18H19Cl2NOS/c1-12(16-9-8-15(19)10-17(16)20)21-18(22)13(2)23-11-14-6-4-3-5-7-14/h3-10,12-13H,11H2,1-2H3,(H,21,22)/t12-,13+/m0/s1. The number of hydrogen-bond acceptors (Lipinski definition) is 2. The molecule has 0 radical (unpaired) electrons. The van der Waals surface area contributed by atoms with E-state index in [2.05, 4.69) is 17.4 Å². The van der Waals surface area contributed by atoms with Crippen LogP contribution in [0.1, 0.15) is 31.0 Å². The van der Waals surface area contributed by atoms with E-state index in [1.807, 2.05) is 38.1 Å². The van der Waals surface area contributed by atoms with Crippen molar-refractivity contribution in [1.82, 2.24) is 5.32 Å². The lowest BCUT2D eigenvalue weighted by molar-refractivity contribution is -0.120. The maximum absolute atomic E-state index is 12.3. The van der Waals surface area contributed by atoms with Crippen molar-refractivity contribution in [2.24, 2.45) is 0 Å². The molecule has 0 heterocycles. The molecule has 0 bridgehead atoms. The Kier molecular flexibility index (Phi) is 6.82. The first-order valence-electron chi connectivity index (χ1n) is 7.38. The van der Waals surface area contributed by atoms with Gasteiger partial charge in [0.05, 0.1) is 11.3 Å². The van der Waals surface area contributed by atoms with Gasteiger partial charge in [0.1, 0.15) is 0 Å². The van der Waals surface area contributed by atoms with Gasteiger partial charge in [-0.2, -0.15) is 0 Å². The molecular formula is C18H19Cl2NOS. The molecule has 0 fully saturated rings. The fraction of sp³-hybridized carbons (Fsp3) is 0.278. The van der Waals surface area contributed by atoms with Crippen LogP contribution in [-0.4, -0.2) is 11.2 Å². The maximum atomic E-state index is 12.3. The lowest BCUT2D eigenvalue weighted by Crippen LogP contribution is -2.33. The summed E-state index contributed by atoms with van der Waals surface area (Å²) < 4.78 is 0. The van der Waals surface area contributed by atoms with Crippen molar-refractivity contribution in [3.8, 4) is 0 Å². The van der Waals surface area contributed by atoms with E-state index >= 15 is 0 Å². The Balaban J connectivity index is 1.89. The van der Waals surface area contributed by atoms with Crippen molar-refractivity contribution in [1.29, 1.82) is 0 Å². The Labute approximate surface area is 151 Å². The Hall–Kier alpha value is -1.16. The quantitative estimate of drug-likeness (QED) is 0.730. The summed E-state index contributed by atoms with van der Waals surface area (Å²) in [6, 6.07) is 15.3. The lowest BCUT2D eigenvalue weighted by atomic mass is 10.1. The number of carbonyl (C=O) groups is 1. The highest BCUT2D eigenvalue weighted by atomic mass is 35.5. The van der Waals surface area contributed by atoms with Crippen molar-refractivity contribution in [3.63, 3.8) is 0 Å². The first-order valence-corrected chi connectivity index (χ1v) is 9.18. The summed E-state index contributed by atoms with van der Waals surface area (Å²) >= 11 is 13.7. The first kappa shape index (κ1) is 18.2. The Morgan fingerprint density at radius 2 is 1.83 bits per heavy atom. The number of nitrogens with one attached hydrogen (secondary N) is 1. The van der Waals surface area contributed by atoms with Gasteiger partial charge in [0, 0.05) is 15.8 Å². The molecule has 0 aromatic heterocycles. The predicted molar refractivity (Wildman–Crippen MR) is 100 cm³/mol. The molecule has 2 rings (SSSR count). The van der Waals surface area contributed by atoms with Crippen LogP contribution >= 0.6 is 35.0 Å². The van der Waals surface area contributed by atoms with Crippen LogP contribution in [0.5, 0.6) is 0 Å². The van der Waals surface area contributed by atoms with Gasteiger partial charge in [-0.05, 0) is 37.1 Å². The minimum absolute atomic E-state index is 0.00412. The van der Waals surface area contributed by atoms with Gasteiger partial charge >= 0.3 is 0 Å². The van der Waals surface area contributed by atoms with Crippen molar-refractivity contribution >= 4 is 40.9 Å². The summed E-state index contributed by atoms with van der Waals surface area (Å²) in [7, 11) is 0. The average molecular weight is 368 g/mol. The average Bonchev–Trinajstić information content (AvgIpc) is 2.53. The molecule has 0 spiro atoms. The minimum atomic E-state index is -0.160. The van der Waals surface area contributed by atoms with Gasteiger partial charge in [-0.25, -0.2) is 0 Å². The third-order valence-corrected chi connectivity index (χ3v) is 5.28. The van der Waals surface area contributed by atoms with E-state index in [-0.39, 0.29) is 17.2 Å². The monoisotopic (exact) mass is 367 g/mol. The number of benzene rings is 2. The van der Waals surface area contributed by atoms with E-state index in [9.17, 15) is 4.79 Å². The molecule has 1 N–H and O–H groups in total. The van der Waals surface area contributed by atoms with Crippen LogP contribution in [0, 0.1) is 0 Å². The van der Waals surface area contributed by atoms with Gasteiger partial charge in [0.2, 0.25) is 5.91 Å². The highest BCUT2D eigenvalue weighted by Gasteiger charge is 2.18. The molecular weight excluding hydrogens is 349 g/mol. The molecule has 0 unspecified atom stereocenters. The SMILES string of the molecule is C[C@H](NC(=O)[C@@H](C)SCc1ccccc1)c1ccc(Cl)cc1Cl. The summed E-state index contributed by atoms with van der Waals surface area (Å²) in [6.07, 6.45) is 0. The molecule has 2 aromatic rings. The lowest BCUT2D eigenvalue weighted by Gasteiger charge is -2.19. The van der Waals surface area contributed by atoms with Gasteiger partial charge in [0.15, 0.2) is 0 Å². The molecule has 0 aliphatic rings. The Morgan fingerprint density at radius 3 is 2.48 bits per heavy atom. The van der Waals surface area contributed by atoms with Crippen molar-refractivity contribution in [3.05, 3.63) is 69.7 Å². The van der Waals surface area contributed by atoms with Gasteiger partial charge in [-0.15, -0.1) is 11.8 Å². The van der Waals surface area contributed by atoms with Crippen molar-refractivity contribution in [2.75, 3.05) is 0 Å². The Morgan fingerprint density at radius 1 is 1.13 bits per heavy atom. The largest absolute Gasteiger partial charge is 0.349 e. The van der Waals surface area contributed by atoms with Crippen LogP contribution in [0.3, 0.4) is 0 Å². The summed E-state index contributed by atoms with van der Waals surface area (Å²) in [5, 5.41) is 4.02. The highest BCUT2D eigenvalue weighted by molar-refractivity contribution is 7.99. The van der Waals surface area contributed by atoms with Crippen LogP contribution in [0.25, 0.3) is 0 Å². The van der Waals surface area contributed by atoms with Crippen LogP contribution in [0.2, 0.25) is 10.0 Å². The highest BCUT2D eigenvalue weighted by Crippen LogP contribution is 2.26. The fourth-order valence-corrected chi connectivity index (χ4v) is 3.56. The summed E-state index contributed by atoms with van der Waals surface area (Å²) in [6.45, 7) is 3.83. The van der Waals surface area contributed by atoms with Crippen LogP contribution < -0.4 is 5.32 Å². The summed E-state index contributed by atoms with van der Waals surface area (Å²) in [4.78, 5) is 12.3. The second kappa shape index (κ2) is 8.62. The molecule has 0 saturated heterocycles. The normalized spacial score (nSPS) is 13.4. The number of carbonyl (C=O) groups excluding carboxylic acids is 1. The van der Waals surface area contributed by atoms with Crippen molar-refractivity contribution in [2.45, 2.75) is 30.9 Å². The number of rotatable bonds is 6. The van der Waals surface area contributed by atoms with Gasteiger partial charge in [-0.3, -0.25) is 4.79 Å². The smallest absolute Gasteiger partial charge is 0.233 e. The van der Waals surface area contributed by atoms with Crippen molar-refractivity contribution < 1.29 is 4.79 Å². The van der Waals surface area contributed by atoms with E-state index in [4.69, 9.17) is 23.2 Å². The van der Waals surface area contributed by atoms with E-state index in [1.54, 1.807) is 23.9 Å². The van der Waals surface area contributed by atoms with Gasteiger partial charge in [0.25, 0.3) is 0 Å². The molecule has 2 atom stereocenters. The molecule has 0 aliphatic heterocycles. The molecule has 2 nitrogen and oxygen atoms in total. The second-order valence-electron chi connectivity index (χ2n) is 5.33. The zero-order chi connectivity index (χ0) is 16.8. The maximum Gasteiger partial charge on any atom is 0.233 e. The molecule has 1 amide bonds. The predicted octanol–water partition coefficient (Wildman–Crippen LogP) is 5.49. The molecule has 2 aromatic carbocycles. The molecule has 23 heavy (non-hydrogen) atoms. The van der Waals surface area contributed by atoms with Gasteiger partial charge < -0.3 is 5.32 Å². The zero-order valence-electron chi connectivity index (χ0n) is 13.1. The first-order chi connectivity index (χ1) is 11.0. The Bertz CT molecular complexity index is 663. The zero-order valence-corrected chi connectivity index (χ0v) is 15.4. The summed E-state index contributed by atoms with van der Waals surface area (Å²) in [5.41, 5.74) is 2.08. The summed E-state index contributed by atoms with van der Waals surface area (Å²) in [5.74, 6) is 0.815. The van der Waals surface area contributed by atoms with Crippen LogP contribution in [0.4, 0.5) is 0 Å². The molecule has 0 saturated carbocycles. The van der Waals surface area contributed by atoms with Gasteiger partial charge in [-0.1, -0.05) is 59.6 Å². The third kappa shape index (κ3) is 5.45. The van der Waals surface area contributed by atoms with E-state index in [0.29, 0.717) is 10.0 Å². The second-order valence-corrected chi connectivity index (χ2v) is 7.51. The molecule has 5 heteroatoms. The minimum Gasteiger partial charge on any atom is -0.349 e. The number of halogens is 2. The van der Waals surface area contributed by atoms with Crippen LogP contribution in [-0.2, 0) is 10.5 Å². The van der Waals surface area contributed by atoms with E-state index in [1.165, 1.54) is 5.56 Å². The number of thioether (sulfide) groups is 1. The molecule has 0 aliphatic carbocycles. The number of amides is 1. The topological polar surface area (TPSA) is 29.1 Å². The third-order valence-electron chi connectivity index (χ3n) is 3.50. The van der Waals surface area contributed by atoms with Crippen LogP contribution in [0.15, 0.2) is 48.5 Å². The van der Waals surface area contributed by atoms with E-state index < -0.39 is 0 Å². The van der Waals surface area contributed by atoms with E-state index in [0.717, 1.165) is 11.3 Å². The molecule has 122 valence electrons. The fourth-order valence-electron chi connectivity index (χ4n) is 2.13. The number of hydrogen-bond donors (Lipinski definition) is 1.